The second-order valence-corrected chi connectivity index (χ2v) is 9.90. The smallest absolute Gasteiger partial charge is 0.275 e. The van der Waals surface area contributed by atoms with Crippen molar-refractivity contribution in [3.8, 4) is 0 Å². The largest absolute Gasteiger partial charge is 0.349 e. The Morgan fingerprint density at radius 2 is 1.75 bits per heavy atom. The topological polar surface area (TPSA) is 70.9 Å². The number of nitrogens with one attached hydrogen (secondary N) is 2. The molecule has 0 saturated carbocycles. The minimum Gasteiger partial charge on any atom is -0.349 e. The minimum atomic E-state index is -3.47. The summed E-state index contributed by atoms with van der Waals surface area (Å²) in [5.41, 5.74) is 1.17. The lowest BCUT2D eigenvalue weighted by Gasteiger charge is -2.31. The molecule has 1 aliphatic rings. The fraction of sp³-hybridized carbons (Fsp3) is 0.667. The van der Waals surface area contributed by atoms with Crippen LogP contribution in [0.3, 0.4) is 0 Å². The Kier molecular flexibility index (Phi) is 8.46. The molecule has 158 valence electrons. The van der Waals surface area contributed by atoms with Crippen molar-refractivity contribution in [2.24, 2.45) is 0 Å². The number of rotatable bonds is 9. The summed E-state index contributed by atoms with van der Waals surface area (Å²) in [6.45, 7) is 11.0. The summed E-state index contributed by atoms with van der Waals surface area (Å²) in [4.78, 5) is 13.6. The summed E-state index contributed by atoms with van der Waals surface area (Å²) in [6.07, 6.45) is 3.05. The molecule has 28 heavy (non-hydrogen) atoms. The SMILES string of the molecule is CCC[C@@H](C)NC(=O)C[NH+]1CCN(S(=O)(=O)c2ccc([C@@H](C)CC)cc2)CC1. The summed E-state index contributed by atoms with van der Waals surface area (Å²) in [6, 6.07) is 7.48. The van der Waals surface area contributed by atoms with Crippen LogP contribution in [0.25, 0.3) is 0 Å². The Morgan fingerprint density at radius 3 is 2.29 bits per heavy atom. The maximum absolute atomic E-state index is 12.9. The average Bonchev–Trinajstić information content (AvgIpc) is 2.68. The van der Waals surface area contributed by atoms with Gasteiger partial charge in [0.2, 0.25) is 10.0 Å². The second-order valence-electron chi connectivity index (χ2n) is 7.97. The van der Waals surface area contributed by atoms with Crippen molar-refractivity contribution in [3.63, 3.8) is 0 Å². The van der Waals surface area contributed by atoms with Crippen molar-refractivity contribution in [2.45, 2.75) is 63.8 Å². The van der Waals surface area contributed by atoms with E-state index in [1.54, 1.807) is 16.4 Å². The molecule has 1 saturated heterocycles. The fourth-order valence-corrected chi connectivity index (χ4v) is 5.07. The third-order valence-electron chi connectivity index (χ3n) is 5.67. The van der Waals surface area contributed by atoms with E-state index in [0.29, 0.717) is 43.5 Å². The summed E-state index contributed by atoms with van der Waals surface area (Å²) in [5.74, 6) is 0.475. The molecular formula is C21H36N3O3S+. The first kappa shape index (κ1) is 22.8. The van der Waals surface area contributed by atoms with Crippen molar-refractivity contribution >= 4 is 15.9 Å². The molecule has 1 amide bonds. The van der Waals surface area contributed by atoms with Crippen molar-refractivity contribution < 1.29 is 18.1 Å². The molecule has 7 heteroatoms. The van der Waals surface area contributed by atoms with Gasteiger partial charge in [0.05, 0.1) is 31.1 Å². The second kappa shape index (κ2) is 10.4. The van der Waals surface area contributed by atoms with Crippen LogP contribution in [-0.2, 0) is 14.8 Å². The Bertz CT molecular complexity index is 726. The number of nitrogens with zero attached hydrogens (tertiary/aromatic N) is 1. The van der Waals surface area contributed by atoms with Crippen LogP contribution in [-0.4, -0.2) is 57.4 Å². The Morgan fingerprint density at radius 1 is 1.14 bits per heavy atom. The molecule has 1 aliphatic heterocycles. The van der Waals surface area contributed by atoms with Crippen LogP contribution in [0.4, 0.5) is 0 Å². The first-order valence-corrected chi connectivity index (χ1v) is 11.9. The highest BCUT2D eigenvalue weighted by atomic mass is 32.2. The lowest BCUT2D eigenvalue weighted by molar-refractivity contribution is -0.895. The maximum atomic E-state index is 12.9. The Balaban J connectivity index is 1.90. The van der Waals surface area contributed by atoms with Crippen LogP contribution in [0.2, 0.25) is 0 Å². The molecule has 1 aromatic carbocycles. The van der Waals surface area contributed by atoms with Crippen molar-refractivity contribution in [1.82, 2.24) is 9.62 Å². The van der Waals surface area contributed by atoms with E-state index in [1.165, 1.54) is 5.56 Å². The van der Waals surface area contributed by atoms with Crippen LogP contribution >= 0.6 is 0 Å². The number of hydrogen-bond donors (Lipinski definition) is 2. The molecular weight excluding hydrogens is 374 g/mol. The van der Waals surface area contributed by atoms with Crippen LogP contribution in [0.15, 0.2) is 29.2 Å². The molecule has 1 fully saturated rings. The van der Waals surface area contributed by atoms with Crippen LogP contribution in [0.5, 0.6) is 0 Å². The number of benzene rings is 1. The lowest BCUT2D eigenvalue weighted by atomic mass is 9.99. The van der Waals surface area contributed by atoms with Crippen molar-refractivity contribution in [1.29, 1.82) is 0 Å². The molecule has 0 aromatic heterocycles. The van der Waals surface area contributed by atoms with Gasteiger partial charge in [0.1, 0.15) is 0 Å². The molecule has 0 spiro atoms. The molecule has 0 bridgehead atoms. The number of carbonyl (C=O) groups excluding carboxylic acids is 1. The van der Waals surface area contributed by atoms with Crippen molar-refractivity contribution in [3.05, 3.63) is 29.8 Å². The highest BCUT2D eigenvalue weighted by molar-refractivity contribution is 7.89. The van der Waals surface area contributed by atoms with E-state index >= 15 is 0 Å². The van der Waals surface area contributed by atoms with E-state index in [-0.39, 0.29) is 11.9 Å². The molecule has 2 N–H and O–H groups in total. The normalized spacial score (nSPS) is 18.6. The number of sulfonamides is 1. The van der Waals surface area contributed by atoms with Gasteiger partial charge in [-0.1, -0.05) is 39.3 Å². The predicted octanol–water partition coefficient (Wildman–Crippen LogP) is 1.39. The number of quaternary nitrogens is 1. The van der Waals surface area contributed by atoms with Gasteiger partial charge in [-0.25, -0.2) is 8.42 Å². The molecule has 0 unspecified atom stereocenters. The molecule has 0 aliphatic carbocycles. The fourth-order valence-electron chi connectivity index (χ4n) is 3.63. The van der Waals surface area contributed by atoms with E-state index in [1.807, 2.05) is 19.1 Å². The lowest BCUT2D eigenvalue weighted by Crippen LogP contribution is -3.15. The van der Waals surface area contributed by atoms with Gasteiger partial charge in [-0.15, -0.1) is 0 Å². The third kappa shape index (κ3) is 6.03. The summed E-state index contributed by atoms with van der Waals surface area (Å²) < 4.78 is 27.4. The van der Waals surface area contributed by atoms with Gasteiger partial charge >= 0.3 is 0 Å². The van der Waals surface area contributed by atoms with Gasteiger partial charge in [0, 0.05) is 6.04 Å². The van der Waals surface area contributed by atoms with Crippen molar-refractivity contribution in [2.75, 3.05) is 32.7 Å². The Labute approximate surface area is 170 Å². The van der Waals surface area contributed by atoms with E-state index < -0.39 is 10.0 Å². The molecule has 0 radical (unpaired) electrons. The molecule has 2 rings (SSSR count). The van der Waals surface area contributed by atoms with Gasteiger partial charge < -0.3 is 10.2 Å². The molecule has 1 heterocycles. The highest BCUT2D eigenvalue weighted by Gasteiger charge is 2.31. The minimum absolute atomic E-state index is 0.0490. The summed E-state index contributed by atoms with van der Waals surface area (Å²) in [5, 5.41) is 3.02. The number of carbonyl (C=O) groups is 1. The van der Waals surface area contributed by atoms with Gasteiger partial charge in [0.25, 0.3) is 5.91 Å². The van der Waals surface area contributed by atoms with E-state index in [0.717, 1.165) is 24.2 Å². The predicted molar refractivity (Wildman–Crippen MR) is 112 cm³/mol. The Hall–Kier alpha value is -1.44. The van der Waals surface area contributed by atoms with E-state index in [2.05, 4.69) is 26.1 Å². The number of amides is 1. The molecule has 1 aromatic rings. The monoisotopic (exact) mass is 410 g/mol. The summed E-state index contributed by atoms with van der Waals surface area (Å²) >= 11 is 0. The first-order chi connectivity index (χ1) is 13.3. The van der Waals surface area contributed by atoms with Gasteiger partial charge in [-0.05, 0) is 43.4 Å². The van der Waals surface area contributed by atoms with E-state index in [9.17, 15) is 13.2 Å². The average molecular weight is 411 g/mol. The molecule has 2 atom stereocenters. The number of hydrogen-bond acceptors (Lipinski definition) is 3. The standard InChI is InChI=1S/C21H35N3O3S/c1-5-7-18(4)22-21(25)16-23-12-14-24(15-13-23)28(26,27)20-10-8-19(9-11-20)17(3)6-2/h8-11,17-18H,5-7,12-16H2,1-4H3,(H,22,25)/p+1/t17-,18+/m0/s1. The maximum Gasteiger partial charge on any atom is 0.275 e. The van der Waals surface area contributed by atoms with E-state index in [4.69, 9.17) is 0 Å². The summed E-state index contributed by atoms with van der Waals surface area (Å²) in [7, 11) is -3.47. The molecule has 6 nitrogen and oxygen atoms in total. The van der Waals surface area contributed by atoms with Crippen LogP contribution < -0.4 is 10.2 Å². The van der Waals surface area contributed by atoms with Gasteiger partial charge in [0.15, 0.2) is 6.54 Å². The van der Waals surface area contributed by atoms with Crippen LogP contribution in [0.1, 0.15) is 58.4 Å². The first-order valence-electron chi connectivity index (χ1n) is 10.5. The van der Waals surface area contributed by atoms with Gasteiger partial charge in [-0.3, -0.25) is 4.79 Å². The third-order valence-corrected chi connectivity index (χ3v) is 7.58. The number of piperazine rings is 1. The van der Waals surface area contributed by atoms with Crippen LogP contribution in [0, 0.1) is 0 Å². The zero-order valence-electron chi connectivity index (χ0n) is 17.7. The zero-order valence-corrected chi connectivity index (χ0v) is 18.5. The zero-order chi connectivity index (χ0) is 20.7. The quantitative estimate of drug-likeness (QED) is 0.646. The van der Waals surface area contributed by atoms with Gasteiger partial charge in [-0.2, -0.15) is 4.31 Å². The highest BCUT2D eigenvalue weighted by Crippen LogP contribution is 2.22.